The van der Waals surface area contributed by atoms with Crippen molar-refractivity contribution >= 4 is 33.2 Å². The summed E-state index contributed by atoms with van der Waals surface area (Å²) < 4.78 is 26.0. The molecule has 10 heteroatoms. The summed E-state index contributed by atoms with van der Waals surface area (Å²) in [6, 6.07) is 1.85. The van der Waals surface area contributed by atoms with Gasteiger partial charge < -0.3 is 15.5 Å². The Bertz CT molecular complexity index is 609. The van der Waals surface area contributed by atoms with E-state index in [4.69, 9.17) is 5.11 Å². The number of thiophene rings is 1. The molecule has 0 spiro atoms. The van der Waals surface area contributed by atoms with Gasteiger partial charge >= 0.3 is 5.97 Å². The Kier molecular flexibility index (Phi) is 5.45. The smallest absolute Gasteiger partial charge is 0.337 e. The number of rotatable bonds is 7. The topological polar surface area (TPSA) is 133 Å². The van der Waals surface area contributed by atoms with Gasteiger partial charge in [0.15, 0.2) is 5.60 Å². The number of carbonyl (C=O) groups excluding carboxylic acids is 1. The molecule has 0 saturated heterocycles. The maximum atomic E-state index is 11.9. The van der Waals surface area contributed by atoms with Gasteiger partial charge in [0.1, 0.15) is 4.21 Å². The van der Waals surface area contributed by atoms with Crippen LogP contribution in [0.15, 0.2) is 21.7 Å². The van der Waals surface area contributed by atoms with E-state index >= 15 is 0 Å². The molecule has 1 aromatic rings. The summed E-state index contributed by atoms with van der Waals surface area (Å²) in [4.78, 5) is 22.4. The van der Waals surface area contributed by atoms with Crippen molar-refractivity contribution in [1.29, 1.82) is 0 Å². The summed E-state index contributed by atoms with van der Waals surface area (Å²) in [6.45, 7) is 1.80. The van der Waals surface area contributed by atoms with Crippen LogP contribution >= 0.6 is 11.3 Å². The van der Waals surface area contributed by atoms with Crippen molar-refractivity contribution in [1.82, 2.24) is 10.0 Å². The number of aliphatic carboxylic acids is 1. The molecular weight excluding hydrogens is 320 g/mol. The van der Waals surface area contributed by atoms with Gasteiger partial charge in [0.05, 0.1) is 12.6 Å². The van der Waals surface area contributed by atoms with E-state index in [-0.39, 0.29) is 4.21 Å². The van der Waals surface area contributed by atoms with Crippen molar-refractivity contribution in [3.63, 3.8) is 0 Å². The number of nitrogens with one attached hydrogen (secondary N) is 2. The van der Waals surface area contributed by atoms with Crippen LogP contribution in [-0.4, -0.2) is 48.7 Å². The zero-order valence-electron chi connectivity index (χ0n) is 11.4. The van der Waals surface area contributed by atoms with E-state index in [9.17, 15) is 23.1 Å². The lowest BCUT2D eigenvalue weighted by Crippen LogP contribution is -2.51. The highest BCUT2D eigenvalue weighted by Crippen LogP contribution is 2.15. The Morgan fingerprint density at radius 2 is 2.10 bits per heavy atom. The predicted molar refractivity (Wildman–Crippen MR) is 75.4 cm³/mol. The number of hydrogen-bond donors (Lipinski definition) is 4. The average Bonchev–Trinajstić information content (AvgIpc) is 2.89. The number of sulfonamides is 1. The summed E-state index contributed by atoms with van der Waals surface area (Å²) in [7, 11) is -3.80. The van der Waals surface area contributed by atoms with Gasteiger partial charge in [-0.05, 0) is 25.3 Å². The lowest BCUT2D eigenvalue weighted by atomic mass is 10.1. The lowest BCUT2D eigenvalue weighted by molar-refractivity contribution is -0.156. The van der Waals surface area contributed by atoms with Gasteiger partial charge in [0, 0.05) is 0 Å². The molecule has 1 amide bonds. The van der Waals surface area contributed by atoms with Crippen LogP contribution < -0.4 is 10.0 Å². The Labute approximate surface area is 125 Å². The van der Waals surface area contributed by atoms with E-state index in [1.807, 2.05) is 0 Å². The summed E-state index contributed by atoms with van der Waals surface area (Å²) in [5, 5.41) is 21.9. The van der Waals surface area contributed by atoms with Crippen molar-refractivity contribution in [3.05, 3.63) is 17.5 Å². The fourth-order valence-corrected chi connectivity index (χ4v) is 3.46. The van der Waals surface area contributed by atoms with E-state index < -0.39 is 40.1 Å². The van der Waals surface area contributed by atoms with Gasteiger partial charge in [-0.1, -0.05) is 6.07 Å². The monoisotopic (exact) mass is 336 g/mol. The van der Waals surface area contributed by atoms with Crippen LogP contribution in [0.4, 0.5) is 0 Å². The Morgan fingerprint density at radius 1 is 1.48 bits per heavy atom. The van der Waals surface area contributed by atoms with Crippen LogP contribution in [0.3, 0.4) is 0 Å². The Balaban J connectivity index is 2.62. The van der Waals surface area contributed by atoms with E-state index in [0.29, 0.717) is 0 Å². The van der Waals surface area contributed by atoms with E-state index in [1.165, 1.54) is 13.0 Å². The van der Waals surface area contributed by atoms with E-state index in [0.717, 1.165) is 18.3 Å². The van der Waals surface area contributed by atoms with Crippen LogP contribution in [0.5, 0.6) is 0 Å². The molecule has 118 valence electrons. The van der Waals surface area contributed by atoms with Gasteiger partial charge in [-0.15, -0.1) is 11.3 Å². The first-order chi connectivity index (χ1) is 9.56. The highest BCUT2D eigenvalue weighted by atomic mass is 32.2. The first kappa shape index (κ1) is 17.6. The second-order valence-electron chi connectivity index (χ2n) is 4.57. The third-order valence-corrected chi connectivity index (χ3v) is 5.49. The number of carbonyl (C=O) groups is 2. The Hall–Kier alpha value is -1.49. The van der Waals surface area contributed by atoms with Gasteiger partial charge in [0.2, 0.25) is 5.91 Å². The van der Waals surface area contributed by atoms with E-state index in [2.05, 4.69) is 10.0 Å². The molecule has 1 aromatic heterocycles. The highest BCUT2D eigenvalue weighted by molar-refractivity contribution is 7.91. The second-order valence-corrected chi connectivity index (χ2v) is 7.46. The van der Waals surface area contributed by atoms with Crippen LogP contribution in [-0.2, 0) is 19.6 Å². The molecule has 0 aliphatic rings. The third-order valence-electron chi connectivity index (χ3n) is 2.55. The predicted octanol–water partition coefficient (Wildman–Crippen LogP) is -0.633. The van der Waals surface area contributed by atoms with Crippen LogP contribution in [0, 0.1) is 0 Å². The molecule has 0 bridgehead atoms. The SMILES string of the molecule is CC(NS(=O)(=O)c1cccs1)C(=O)NCC(C)(O)C(=O)O. The highest BCUT2D eigenvalue weighted by Gasteiger charge is 2.31. The van der Waals surface area contributed by atoms with Crippen molar-refractivity contribution in [2.24, 2.45) is 0 Å². The molecular formula is C11H16N2O6S2. The van der Waals surface area contributed by atoms with E-state index in [1.54, 1.807) is 11.4 Å². The molecule has 0 aromatic carbocycles. The lowest BCUT2D eigenvalue weighted by Gasteiger charge is -2.20. The number of aliphatic hydroxyl groups is 1. The molecule has 0 radical (unpaired) electrons. The zero-order valence-corrected chi connectivity index (χ0v) is 13.0. The molecule has 0 saturated carbocycles. The molecule has 0 aliphatic heterocycles. The molecule has 0 fully saturated rings. The number of carboxylic acid groups (broad SMARTS) is 1. The quantitative estimate of drug-likeness (QED) is 0.524. The molecule has 1 rings (SSSR count). The van der Waals surface area contributed by atoms with Crippen LogP contribution in [0.25, 0.3) is 0 Å². The first-order valence-corrected chi connectivity index (χ1v) is 8.22. The minimum absolute atomic E-state index is 0.0692. The van der Waals surface area contributed by atoms with Gasteiger partial charge in [-0.25, -0.2) is 13.2 Å². The minimum atomic E-state index is -3.80. The molecule has 1 heterocycles. The average molecular weight is 336 g/mol. The van der Waals surface area contributed by atoms with Gasteiger partial charge in [-0.2, -0.15) is 4.72 Å². The fraction of sp³-hybridized carbons (Fsp3) is 0.455. The van der Waals surface area contributed by atoms with Gasteiger partial charge in [-0.3, -0.25) is 4.79 Å². The number of carboxylic acids is 1. The fourth-order valence-electron chi connectivity index (χ4n) is 1.25. The first-order valence-electron chi connectivity index (χ1n) is 5.85. The molecule has 4 N–H and O–H groups in total. The Morgan fingerprint density at radius 3 is 2.57 bits per heavy atom. The minimum Gasteiger partial charge on any atom is -0.479 e. The summed E-state index contributed by atoms with van der Waals surface area (Å²) >= 11 is 1.01. The molecule has 0 aliphatic carbocycles. The molecule has 8 nitrogen and oxygen atoms in total. The summed E-state index contributed by atoms with van der Waals surface area (Å²) in [5.74, 6) is -2.23. The van der Waals surface area contributed by atoms with Crippen molar-refractivity contribution in [2.75, 3.05) is 6.54 Å². The maximum absolute atomic E-state index is 11.9. The van der Waals surface area contributed by atoms with Gasteiger partial charge in [0.25, 0.3) is 10.0 Å². The second kappa shape index (κ2) is 6.52. The molecule has 21 heavy (non-hydrogen) atoms. The molecule has 2 atom stereocenters. The number of amides is 1. The maximum Gasteiger partial charge on any atom is 0.337 e. The largest absolute Gasteiger partial charge is 0.479 e. The molecule has 2 unspecified atom stereocenters. The van der Waals surface area contributed by atoms with Crippen molar-refractivity contribution in [3.8, 4) is 0 Å². The summed E-state index contributed by atoms with van der Waals surface area (Å²) in [6.07, 6.45) is 0. The van der Waals surface area contributed by atoms with Crippen LogP contribution in [0.1, 0.15) is 13.8 Å². The zero-order chi connectivity index (χ0) is 16.3. The standard InChI is InChI=1S/C11H16N2O6S2/c1-7(9(14)12-6-11(2,17)10(15)16)13-21(18,19)8-4-3-5-20-8/h3-5,7,13,17H,6H2,1-2H3,(H,12,14)(H,15,16). The number of hydrogen-bond acceptors (Lipinski definition) is 6. The van der Waals surface area contributed by atoms with Crippen molar-refractivity contribution < 1.29 is 28.2 Å². The van der Waals surface area contributed by atoms with Crippen molar-refractivity contribution in [2.45, 2.75) is 29.7 Å². The normalized spacial score (nSPS) is 16.0. The van der Waals surface area contributed by atoms with Crippen LogP contribution in [0.2, 0.25) is 0 Å². The summed E-state index contributed by atoms with van der Waals surface area (Å²) in [5.41, 5.74) is -2.12. The third kappa shape index (κ3) is 4.77.